The number of aryl methyl sites for hydroxylation is 1. The Balaban J connectivity index is 2.54. The van der Waals surface area contributed by atoms with E-state index in [1.807, 2.05) is 31.2 Å². The summed E-state index contributed by atoms with van der Waals surface area (Å²) in [5.74, 6) is 0. The highest BCUT2D eigenvalue weighted by Crippen LogP contribution is 2.26. The van der Waals surface area contributed by atoms with Gasteiger partial charge in [0.1, 0.15) is 0 Å². The van der Waals surface area contributed by atoms with E-state index >= 15 is 0 Å². The first-order chi connectivity index (χ1) is 7.92. The maximum Gasteiger partial charge on any atom is 0.389 e. The summed E-state index contributed by atoms with van der Waals surface area (Å²) >= 11 is 0. The zero-order valence-corrected chi connectivity index (χ0v) is 10.1. The van der Waals surface area contributed by atoms with Crippen molar-refractivity contribution >= 4 is 0 Å². The molecule has 0 aliphatic heterocycles. The van der Waals surface area contributed by atoms with Crippen molar-refractivity contribution in [3.63, 3.8) is 0 Å². The predicted molar refractivity (Wildman–Crippen MR) is 62.9 cm³/mol. The third-order valence-corrected chi connectivity index (χ3v) is 2.75. The Morgan fingerprint density at radius 2 is 2.00 bits per heavy atom. The summed E-state index contributed by atoms with van der Waals surface area (Å²) in [5, 5.41) is 3.06. The first kappa shape index (κ1) is 14.0. The summed E-state index contributed by atoms with van der Waals surface area (Å²) < 4.78 is 36.2. The second kappa shape index (κ2) is 6.05. The minimum atomic E-state index is -4.05. The van der Waals surface area contributed by atoms with Crippen molar-refractivity contribution < 1.29 is 13.2 Å². The van der Waals surface area contributed by atoms with Crippen LogP contribution in [0.3, 0.4) is 0 Å². The molecule has 0 saturated carbocycles. The van der Waals surface area contributed by atoms with Crippen LogP contribution in [0.25, 0.3) is 0 Å². The molecule has 0 bridgehead atoms. The van der Waals surface area contributed by atoms with E-state index < -0.39 is 12.6 Å². The lowest BCUT2D eigenvalue weighted by molar-refractivity contribution is -0.135. The summed E-state index contributed by atoms with van der Waals surface area (Å²) in [6.45, 7) is 1.98. The van der Waals surface area contributed by atoms with E-state index in [2.05, 4.69) is 5.32 Å². The van der Waals surface area contributed by atoms with Gasteiger partial charge in [0.15, 0.2) is 0 Å². The first-order valence-corrected chi connectivity index (χ1v) is 5.73. The van der Waals surface area contributed by atoms with Crippen LogP contribution in [0.2, 0.25) is 0 Å². The van der Waals surface area contributed by atoms with Crippen LogP contribution >= 0.6 is 0 Å². The summed E-state index contributed by atoms with van der Waals surface area (Å²) in [5.41, 5.74) is 2.17. The molecule has 1 N–H and O–H groups in total. The van der Waals surface area contributed by atoms with Gasteiger partial charge in [0.05, 0.1) is 0 Å². The van der Waals surface area contributed by atoms with Crippen LogP contribution in [-0.4, -0.2) is 13.2 Å². The molecule has 1 atom stereocenters. The van der Waals surface area contributed by atoms with E-state index in [0.717, 1.165) is 11.1 Å². The zero-order chi connectivity index (χ0) is 12.9. The standard InChI is InChI=1S/C13H18F3N/c1-10-5-3-6-11(9-10)12(17-2)7-4-8-13(14,15)16/h3,5-6,9,12,17H,4,7-8H2,1-2H3. The maximum atomic E-state index is 12.1. The van der Waals surface area contributed by atoms with E-state index in [1.54, 1.807) is 7.05 Å². The lowest BCUT2D eigenvalue weighted by Gasteiger charge is -2.17. The molecule has 0 radical (unpaired) electrons. The van der Waals surface area contributed by atoms with Gasteiger partial charge in [-0.15, -0.1) is 0 Å². The number of hydrogen-bond donors (Lipinski definition) is 1. The lowest BCUT2D eigenvalue weighted by Crippen LogP contribution is -2.17. The van der Waals surface area contributed by atoms with Crippen LogP contribution in [0.5, 0.6) is 0 Å². The fraction of sp³-hybridized carbons (Fsp3) is 0.538. The molecule has 17 heavy (non-hydrogen) atoms. The van der Waals surface area contributed by atoms with Crippen molar-refractivity contribution in [2.45, 2.75) is 38.4 Å². The Kier molecular flexibility index (Phi) is 5.00. The molecule has 1 unspecified atom stereocenters. The largest absolute Gasteiger partial charge is 0.389 e. The van der Waals surface area contributed by atoms with Crippen LogP contribution in [0.4, 0.5) is 13.2 Å². The highest BCUT2D eigenvalue weighted by atomic mass is 19.4. The molecule has 0 heterocycles. The van der Waals surface area contributed by atoms with Gasteiger partial charge in [0.2, 0.25) is 0 Å². The van der Waals surface area contributed by atoms with Crippen molar-refractivity contribution in [1.82, 2.24) is 5.32 Å². The number of hydrogen-bond acceptors (Lipinski definition) is 1. The molecule has 1 nitrogen and oxygen atoms in total. The third kappa shape index (κ3) is 5.22. The van der Waals surface area contributed by atoms with Crippen LogP contribution in [-0.2, 0) is 0 Å². The number of nitrogens with one attached hydrogen (secondary N) is 1. The summed E-state index contributed by atoms with van der Waals surface area (Å²) in [6, 6.07) is 7.86. The Morgan fingerprint density at radius 1 is 1.29 bits per heavy atom. The molecular formula is C13H18F3N. The highest BCUT2D eigenvalue weighted by Gasteiger charge is 2.26. The normalized spacial score (nSPS) is 13.7. The van der Waals surface area contributed by atoms with Gasteiger partial charge in [-0.05, 0) is 32.4 Å². The van der Waals surface area contributed by atoms with Crippen molar-refractivity contribution in [2.75, 3.05) is 7.05 Å². The third-order valence-electron chi connectivity index (χ3n) is 2.75. The molecule has 0 amide bonds. The van der Waals surface area contributed by atoms with Crippen molar-refractivity contribution in [3.05, 3.63) is 35.4 Å². The summed E-state index contributed by atoms with van der Waals surface area (Å²) in [7, 11) is 1.78. The maximum absolute atomic E-state index is 12.1. The minimum Gasteiger partial charge on any atom is -0.313 e. The monoisotopic (exact) mass is 245 g/mol. The van der Waals surface area contributed by atoms with Gasteiger partial charge < -0.3 is 5.32 Å². The van der Waals surface area contributed by atoms with Gasteiger partial charge in [0, 0.05) is 12.5 Å². The Hall–Kier alpha value is -1.03. The number of benzene rings is 1. The molecule has 0 aliphatic rings. The average Bonchev–Trinajstić information content (AvgIpc) is 2.23. The van der Waals surface area contributed by atoms with E-state index in [4.69, 9.17) is 0 Å². The minimum absolute atomic E-state index is 0.00255. The SMILES string of the molecule is CNC(CCCC(F)(F)F)c1cccc(C)c1. The number of halogens is 3. The van der Waals surface area contributed by atoms with Crippen LogP contribution in [0.15, 0.2) is 24.3 Å². The first-order valence-electron chi connectivity index (χ1n) is 5.73. The summed E-state index contributed by atoms with van der Waals surface area (Å²) in [4.78, 5) is 0. The van der Waals surface area contributed by atoms with Gasteiger partial charge in [-0.3, -0.25) is 0 Å². The van der Waals surface area contributed by atoms with Gasteiger partial charge in [0.25, 0.3) is 0 Å². The van der Waals surface area contributed by atoms with Crippen molar-refractivity contribution in [2.24, 2.45) is 0 Å². The number of rotatable bonds is 5. The Morgan fingerprint density at radius 3 is 2.53 bits per heavy atom. The van der Waals surface area contributed by atoms with Gasteiger partial charge >= 0.3 is 6.18 Å². The van der Waals surface area contributed by atoms with E-state index in [9.17, 15) is 13.2 Å². The quantitative estimate of drug-likeness (QED) is 0.827. The molecule has 1 aromatic carbocycles. The van der Waals surface area contributed by atoms with Gasteiger partial charge in [-0.2, -0.15) is 13.2 Å². The second-order valence-electron chi connectivity index (χ2n) is 4.26. The zero-order valence-electron chi connectivity index (χ0n) is 10.1. The molecule has 1 aromatic rings. The highest BCUT2D eigenvalue weighted by molar-refractivity contribution is 5.24. The molecule has 4 heteroatoms. The van der Waals surface area contributed by atoms with Crippen LogP contribution < -0.4 is 5.32 Å². The summed E-state index contributed by atoms with van der Waals surface area (Å²) in [6.07, 6.45) is -4.11. The van der Waals surface area contributed by atoms with Crippen LogP contribution in [0.1, 0.15) is 36.4 Å². The Labute approximate surface area is 100 Å². The topological polar surface area (TPSA) is 12.0 Å². The van der Waals surface area contributed by atoms with Crippen molar-refractivity contribution in [1.29, 1.82) is 0 Å². The molecule has 0 saturated heterocycles. The van der Waals surface area contributed by atoms with Gasteiger partial charge in [-0.25, -0.2) is 0 Å². The van der Waals surface area contributed by atoms with Crippen molar-refractivity contribution in [3.8, 4) is 0 Å². The molecule has 96 valence electrons. The average molecular weight is 245 g/mol. The molecular weight excluding hydrogens is 227 g/mol. The second-order valence-corrected chi connectivity index (χ2v) is 4.26. The molecule has 0 aromatic heterocycles. The van der Waals surface area contributed by atoms with Gasteiger partial charge in [-0.1, -0.05) is 29.8 Å². The lowest BCUT2D eigenvalue weighted by atomic mass is 9.99. The molecule has 0 aliphatic carbocycles. The van der Waals surface area contributed by atoms with E-state index in [1.165, 1.54) is 0 Å². The molecule has 1 rings (SSSR count). The fourth-order valence-corrected chi connectivity index (χ4v) is 1.87. The fourth-order valence-electron chi connectivity index (χ4n) is 1.87. The van der Waals surface area contributed by atoms with E-state index in [-0.39, 0.29) is 12.5 Å². The Bertz CT molecular complexity index is 347. The van der Waals surface area contributed by atoms with E-state index in [0.29, 0.717) is 6.42 Å². The smallest absolute Gasteiger partial charge is 0.313 e. The predicted octanol–water partition coefficient (Wildman–Crippen LogP) is 3.99. The van der Waals surface area contributed by atoms with Crippen LogP contribution in [0, 0.1) is 6.92 Å². The number of alkyl halides is 3. The molecule has 0 spiro atoms. The molecule has 0 fully saturated rings.